The first-order valence-corrected chi connectivity index (χ1v) is 8.34. The Bertz CT molecular complexity index is 850. The molecule has 8 nitrogen and oxygen atoms in total. The van der Waals surface area contributed by atoms with Crippen LogP contribution >= 0.6 is 0 Å². The molecule has 2 amide bonds. The molecule has 1 aromatic carbocycles. The summed E-state index contributed by atoms with van der Waals surface area (Å²) in [6, 6.07) is 7.65. The molecule has 0 aliphatic carbocycles. The number of urea groups is 1. The summed E-state index contributed by atoms with van der Waals surface area (Å²) in [5.74, 6) is 0.724. The summed E-state index contributed by atoms with van der Waals surface area (Å²) in [7, 11) is 1.78. The number of nitrogens with one attached hydrogen (secondary N) is 1. The Morgan fingerprint density at radius 3 is 2.62 bits per heavy atom. The average molecular weight is 354 g/mol. The molecular weight excluding hydrogens is 332 g/mol. The molecule has 26 heavy (non-hydrogen) atoms. The van der Waals surface area contributed by atoms with E-state index in [4.69, 9.17) is 4.52 Å². The van der Waals surface area contributed by atoms with Crippen LogP contribution in [-0.4, -0.2) is 37.9 Å². The van der Waals surface area contributed by atoms with Crippen molar-refractivity contribution in [3.63, 3.8) is 0 Å². The van der Waals surface area contributed by atoms with E-state index in [1.165, 1.54) is 6.33 Å². The molecule has 0 spiro atoms. The molecule has 0 fully saturated rings. The second-order valence-electron chi connectivity index (χ2n) is 6.18. The van der Waals surface area contributed by atoms with Crippen molar-refractivity contribution in [3.05, 3.63) is 59.5 Å². The highest BCUT2D eigenvalue weighted by Crippen LogP contribution is 2.20. The van der Waals surface area contributed by atoms with Gasteiger partial charge in [0.2, 0.25) is 0 Å². The lowest BCUT2D eigenvalue weighted by Crippen LogP contribution is -2.38. The first-order chi connectivity index (χ1) is 12.5. The standard InChI is InChI=1S/C18H22N6O2/c1-12-17(14(3)26-22-12)9-20-18(25)23(4)13(2)15-5-7-16(8-6-15)24-11-19-10-21-24/h5-8,10-11,13H,9H2,1-4H3,(H,20,25). The van der Waals surface area contributed by atoms with Crippen LogP contribution in [0.3, 0.4) is 0 Å². The zero-order valence-corrected chi connectivity index (χ0v) is 15.3. The van der Waals surface area contributed by atoms with Gasteiger partial charge in [-0.25, -0.2) is 14.5 Å². The summed E-state index contributed by atoms with van der Waals surface area (Å²) in [5, 5.41) is 10.9. The second-order valence-corrected chi connectivity index (χ2v) is 6.18. The van der Waals surface area contributed by atoms with Gasteiger partial charge in [0.1, 0.15) is 18.4 Å². The molecule has 1 unspecified atom stereocenters. The van der Waals surface area contributed by atoms with Gasteiger partial charge < -0.3 is 14.7 Å². The number of rotatable bonds is 5. The SMILES string of the molecule is Cc1noc(C)c1CNC(=O)N(C)C(C)c1ccc(-n2cncn2)cc1. The van der Waals surface area contributed by atoms with Crippen LogP contribution < -0.4 is 5.32 Å². The lowest BCUT2D eigenvalue weighted by atomic mass is 10.1. The molecule has 136 valence electrons. The van der Waals surface area contributed by atoms with Crippen LogP contribution in [0.2, 0.25) is 0 Å². The van der Waals surface area contributed by atoms with E-state index >= 15 is 0 Å². The topological polar surface area (TPSA) is 89.1 Å². The third kappa shape index (κ3) is 3.58. The second kappa shape index (κ2) is 7.38. The van der Waals surface area contributed by atoms with Gasteiger partial charge in [0.25, 0.3) is 0 Å². The molecule has 0 radical (unpaired) electrons. The molecule has 0 aliphatic rings. The Morgan fingerprint density at radius 2 is 2.04 bits per heavy atom. The average Bonchev–Trinajstić information content (AvgIpc) is 3.29. The smallest absolute Gasteiger partial charge is 0.317 e. The van der Waals surface area contributed by atoms with Crippen LogP contribution in [-0.2, 0) is 6.54 Å². The Morgan fingerprint density at radius 1 is 1.31 bits per heavy atom. The van der Waals surface area contributed by atoms with Gasteiger partial charge in [-0.2, -0.15) is 5.10 Å². The van der Waals surface area contributed by atoms with Crippen molar-refractivity contribution < 1.29 is 9.32 Å². The van der Waals surface area contributed by atoms with Crippen molar-refractivity contribution in [2.45, 2.75) is 33.4 Å². The number of amides is 2. The maximum Gasteiger partial charge on any atom is 0.317 e. The number of nitrogens with zero attached hydrogens (tertiary/aromatic N) is 5. The minimum atomic E-state index is -0.155. The molecule has 2 heterocycles. The molecule has 0 aliphatic heterocycles. The molecule has 1 atom stereocenters. The highest BCUT2D eigenvalue weighted by molar-refractivity contribution is 5.74. The van der Waals surface area contributed by atoms with Crippen LogP contribution in [0.15, 0.2) is 41.4 Å². The first kappa shape index (κ1) is 17.7. The van der Waals surface area contributed by atoms with E-state index in [0.29, 0.717) is 6.54 Å². The number of carbonyl (C=O) groups excluding carboxylic acids is 1. The summed E-state index contributed by atoms with van der Waals surface area (Å²) in [6.07, 6.45) is 3.14. The number of aryl methyl sites for hydroxylation is 2. The number of hydrogen-bond acceptors (Lipinski definition) is 5. The molecule has 3 aromatic rings. The van der Waals surface area contributed by atoms with Crippen molar-refractivity contribution in [2.24, 2.45) is 0 Å². The fourth-order valence-electron chi connectivity index (χ4n) is 2.69. The van der Waals surface area contributed by atoms with Gasteiger partial charge in [-0.05, 0) is 38.5 Å². The number of benzene rings is 1. The van der Waals surface area contributed by atoms with Gasteiger partial charge in [0, 0.05) is 19.2 Å². The lowest BCUT2D eigenvalue weighted by molar-refractivity contribution is 0.194. The van der Waals surface area contributed by atoms with Gasteiger partial charge in [0.05, 0.1) is 17.4 Å². The maximum absolute atomic E-state index is 12.5. The number of carbonyl (C=O) groups is 1. The maximum atomic E-state index is 12.5. The molecule has 0 saturated heterocycles. The van der Waals surface area contributed by atoms with Crippen LogP contribution in [0, 0.1) is 13.8 Å². The Labute approximate surface area is 151 Å². The minimum Gasteiger partial charge on any atom is -0.361 e. The van der Waals surface area contributed by atoms with Crippen LogP contribution in [0.5, 0.6) is 0 Å². The van der Waals surface area contributed by atoms with Gasteiger partial charge in [-0.1, -0.05) is 17.3 Å². The molecule has 1 N–H and O–H groups in total. The van der Waals surface area contributed by atoms with E-state index in [-0.39, 0.29) is 12.1 Å². The van der Waals surface area contributed by atoms with E-state index in [9.17, 15) is 4.79 Å². The van der Waals surface area contributed by atoms with E-state index in [2.05, 4.69) is 20.6 Å². The summed E-state index contributed by atoms with van der Waals surface area (Å²) in [4.78, 5) is 18.1. The highest BCUT2D eigenvalue weighted by atomic mass is 16.5. The number of aromatic nitrogens is 4. The third-order valence-corrected chi connectivity index (χ3v) is 4.56. The highest BCUT2D eigenvalue weighted by Gasteiger charge is 2.18. The molecule has 2 aromatic heterocycles. The molecule has 0 bridgehead atoms. The van der Waals surface area contributed by atoms with Crippen LogP contribution in [0.25, 0.3) is 5.69 Å². The van der Waals surface area contributed by atoms with Gasteiger partial charge in [-0.15, -0.1) is 0 Å². The molecular formula is C18H22N6O2. The van der Waals surface area contributed by atoms with E-state index in [1.54, 1.807) is 23.0 Å². The summed E-state index contributed by atoms with van der Waals surface area (Å²) in [5.41, 5.74) is 3.66. The van der Waals surface area contributed by atoms with Crippen molar-refractivity contribution in [2.75, 3.05) is 7.05 Å². The fourth-order valence-corrected chi connectivity index (χ4v) is 2.69. The van der Waals surface area contributed by atoms with E-state index in [0.717, 1.165) is 28.3 Å². The van der Waals surface area contributed by atoms with Gasteiger partial charge >= 0.3 is 6.03 Å². The summed E-state index contributed by atoms with van der Waals surface area (Å²) < 4.78 is 6.81. The van der Waals surface area contributed by atoms with Crippen LogP contribution in [0.4, 0.5) is 4.79 Å². The van der Waals surface area contributed by atoms with Gasteiger partial charge in [0.15, 0.2) is 0 Å². The predicted molar refractivity (Wildman–Crippen MR) is 95.7 cm³/mol. The Kier molecular flexibility index (Phi) is 5.01. The molecule has 3 rings (SSSR count). The van der Waals surface area contributed by atoms with Crippen molar-refractivity contribution >= 4 is 6.03 Å². The molecule has 0 saturated carbocycles. The summed E-state index contributed by atoms with van der Waals surface area (Å²) >= 11 is 0. The van der Waals surface area contributed by atoms with Crippen LogP contribution in [0.1, 0.15) is 35.5 Å². The molecule has 8 heteroatoms. The monoisotopic (exact) mass is 354 g/mol. The Balaban J connectivity index is 1.63. The zero-order chi connectivity index (χ0) is 18.7. The van der Waals surface area contributed by atoms with E-state index < -0.39 is 0 Å². The van der Waals surface area contributed by atoms with Crippen molar-refractivity contribution in [1.82, 2.24) is 30.1 Å². The van der Waals surface area contributed by atoms with Crippen molar-refractivity contribution in [1.29, 1.82) is 0 Å². The lowest BCUT2D eigenvalue weighted by Gasteiger charge is -2.25. The number of hydrogen-bond donors (Lipinski definition) is 1. The summed E-state index contributed by atoms with van der Waals surface area (Å²) in [6.45, 7) is 6.08. The Hall–Kier alpha value is -3.16. The largest absolute Gasteiger partial charge is 0.361 e. The van der Waals surface area contributed by atoms with Crippen molar-refractivity contribution in [3.8, 4) is 5.69 Å². The van der Waals surface area contributed by atoms with Gasteiger partial charge in [-0.3, -0.25) is 0 Å². The normalized spacial score (nSPS) is 12.0. The predicted octanol–water partition coefficient (Wildman–Crippen LogP) is 2.77. The third-order valence-electron chi connectivity index (χ3n) is 4.56. The first-order valence-electron chi connectivity index (χ1n) is 8.34. The fraction of sp³-hybridized carbons (Fsp3) is 0.333. The zero-order valence-electron chi connectivity index (χ0n) is 15.3. The minimum absolute atomic E-state index is 0.0792. The van der Waals surface area contributed by atoms with E-state index in [1.807, 2.05) is 45.0 Å². The quantitative estimate of drug-likeness (QED) is 0.761.